The van der Waals surface area contributed by atoms with Gasteiger partial charge in [-0.3, -0.25) is 0 Å². The van der Waals surface area contributed by atoms with Crippen LogP contribution in [0.2, 0.25) is 0 Å². The first-order valence-corrected chi connectivity index (χ1v) is 2.32. The quantitative estimate of drug-likeness (QED) is 0.492. The molecule has 0 radical (unpaired) electrons. The van der Waals surface area contributed by atoms with E-state index in [0.29, 0.717) is 0 Å². The zero-order valence-electron chi connectivity index (χ0n) is 4.74. The summed E-state index contributed by atoms with van der Waals surface area (Å²) in [5.41, 5.74) is 2.25. The second-order valence-corrected chi connectivity index (χ2v) is 1.48. The molecule has 3 heteroatoms. The molecule has 0 saturated carbocycles. The Balaban J connectivity index is 2.92. The van der Waals surface area contributed by atoms with Gasteiger partial charge in [-0.15, -0.1) is 0 Å². The van der Waals surface area contributed by atoms with Crippen molar-refractivity contribution in [3.05, 3.63) is 29.2 Å². The maximum Gasteiger partial charge on any atom is 0.209 e. The summed E-state index contributed by atoms with van der Waals surface area (Å²) in [6, 6.07) is 0. The topological polar surface area (TPSA) is 9.23 Å². The van der Waals surface area contributed by atoms with Crippen LogP contribution < -0.4 is 0 Å². The lowest BCUT2D eigenvalue weighted by atomic mass is 10.5. The summed E-state index contributed by atoms with van der Waals surface area (Å²) >= 11 is 0. The molecule has 0 unspecified atom stereocenters. The van der Waals surface area contributed by atoms with Crippen molar-refractivity contribution in [2.45, 2.75) is 0 Å². The van der Waals surface area contributed by atoms with Crippen molar-refractivity contribution in [2.75, 3.05) is 7.11 Å². The van der Waals surface area contributed by atoms with Gasteiger partial charge >= 0.3 is 0 Å². The van der Waals surface area contributed by atoms with E-state index in [-0.39, 0.29) is 5.76 Å². The molecular weight excluding hydrogens is 126 g/mol. The molecule has 1 nitrogen and oxygen atoms in total. The summed E-state index contributed by atoms with van der Waals surface area (Å²) in [5, 5.41) is 0. The van der Waals surface area contributed by atoms with Gasteiger partial charge in [0, 0.05) is 6.08 Å². The van der Waals surface area contributed by atoms with Gasteiger partial charge in [-0.1, -0.05) is 5.73 Å². The van der Waals surface area contributed by atoms with Crippen LogP contribution in [0, 0.1) is 0 Å². The molecule has 0 fully saturated rings. The molecule has 0 spiro atoms. The van der Waals surface area contributed by atoms with Crippen LogP contribution in [0.1, 0.15) is 0 Å². The molecule has 0 bridgehead atoms. The lowest BCUT2D eigenvalue weighted by Gasteiger charge is -1.93. The van der Waals surface area contributed by atoms with Crippen LogP contribution in [0.3, 0.4) is 0 Å². The molecule has 0 heterocycles. The first kappa shape index (κ1) is 6.05. The molecule has 48 valence electrons. The van der Waals surface area contributed by atoms with Crippen molar-refractivity contribution in [3.63, 3.8) is 0 Å². The van der Waals surface area contributed by atoms with Crippen molar-refractivity contribution in [3.8, 4) is 0 Å². The first-order chi connectivity index (χ1) is 4.25. The fraction of sp³-hybridized carbons (Fsp3) is 0.167. The van der Waals surface area contributed by atoms with E-state index >= 15 is 0 Å². The third kappa shape index (κ3) is 0.864. The maximum atomic E-state index is 12.2. The third-order valence-electron chi connectivity index (χ3n) is 0.943. The van der Waals surface area contributed by atoms with Gasteiger partial charge in [0.15, 0.2) is 5.83 Å². The van der Waals surface area contributed by atoms with E-state index in [2.05, 4.69) is 10.5 Å². The number of methoxy groups -OCH3 is 1. The molecule has 0 atom stereocenters. The largest absolute Gasteiger partial charge is 0.487 e. The number of hydrogen-bond donors (Lipinski definition) is 0. The van der Waals surface area contributed by atoms with E-state index in [4.69, 9.17) is 0 Å². The average molecular weight is 130 g/mol. The zero-order chi connectivity index (χ0) is 6.85. The van der Waals surface area contributed by atoms with Crippen molar-refractivity contribution < 1.29 is 13.5 Å². The highest BCUT2D eigenvalue weighted by Gasteiger charge is 2.13. The second kappa shape index (κ2) is 2.03. The Labute approximate surface area is 50.9 Å². The van der Waals surface area contributed by atoms with Gasteiger partial charge in [-0.25, -0.2) is 4.39 Å². The van der Waals surface area contributed by atoms with Crippen LogP contribution in [0.4, 0.5) is 8.78 Å². The summed E-state index contributed by atoms with van der Waals surface area (Å²) in [7, 11) is 1.26. The molecule has 0 aliphatic heterocycles. The van der Waals surface area contributed by atoms with Crippen molar-refractivity contribution in [1.29, 1.82) is 0 Å². The highest BCUT2D eigenvalue weighted by Crippen LogP contribution is 2.22. The number of halogens is 2. The van der Waals surface area contributed by atoms with Crippen LogP contribution in [0.15, 0.2) is 29.2 Å². The van der Waals surface area contributed by atoms with Gasteiger partial charge in [-0.2, -0.15) is 4.39 Å². The number of hydrogen-bond acceptors (Lipinski definition) is 1. The van der Waals surface area contributed by atoms with E-state index in [1.54, 1.807) is 0 Å². The van der Waals surface area contributed by atoms with Crippen LogP contribution in [-0.2, 0) is 4.74 Å². The predicted octanol–water partition coefficient (Wildman–Crippen LogP) is 1.84. The molecule has 0 N–H and O–H groups in total. The SMILES string of the molecule is COC1=C=CC(F)=C1F. The van der Waals surface area contributed by atoms with Crippen molar-refractivity contribution in [2.24, 2.45) is 0 Å². The van der Waals surface area contributed by atoms with Crippen molar-refractivity contribution >= 4 is 0 Å². The third-order valence-corrected chi connectivity index (χ3v) is 0.943. The fourth-order valence-electron chi connectivity index (χ4n) is 0.513. The molecule has 0 aromatic rings. The fourth-order valence-corrected chi connectivity index (χ4v) is 0.513. The maximum absolute atomic E-state index is 12.2. The Bertz CT molecular complexity index is 221. The summed E-state index contributed by atoms with van der Waals surface area (Å²) in [5.74, 6) is -2.07. The van der Waals surface area contributed by atoms with E-state index in [1.165, 1.54) is 7.11 Å². The summed E-state index contributed by atoms with van der Waals surface area (Å²) in [6.07, 6.45) is 0.897. The van der Waals surface area contributed by atoms with Gasteiger partial charge < -0.3 is 4.74 Å². The number of ether oxygens (including phenoxy) is 1. The van der Waals surface area contributed by atoms with E-state index in [0.717, 1.165) is 6.08 Å². The van der Waals surface area contributed by atoms with Gasteiger partial charge in [0.2, 0.25) is 11.6 Å². The molecule has 0 aromatic heterocycles. The molecular formula is C6H4F2O. The molecule has 9 heavy (non-hydrogen) atoms. The van der Waals surface area contributed by atoms with E-state index in [9.17, 15) is 8.78 Å². The Morgan fingerprint density at radius 3 is 2.44 bits per heavy atom. The summed E-state index contributed by atoms with van der Waals surface area (Å²) in [4.78, 5) is 0. The molecule has 0 amide bonds. The Morgan fingerprint density at radius 2 is 2.22 bits per heavy atom. The normalized spacial score (nSPS) is 16.6. The summed E-state index contributed by atoms with van der Waals surface area (Å²) < 4.78 is 28.7. The number of rotatable bonds is 1. The van der Waals surface area contributed by atoms with Gasteiger partial charge in [0.25, 0.3) is 0 Å². The van der Waals surface area contributed by atoms with Crippen LogP contribution in [0.5, 0.6) is 0 Å². The second-order valence-electron chi connectivity index (χ2n) is 1.48. The Hall–Kier alpha value is -1.08. The van der Waals surface area contributed by atoms with Crippen LogP contribution in [-0.4, -0.2) is 7.11 Å². The summed E-state index contributed by atoms with van der Waals surface area (Å²) in [6.45, 7) is 0. The standard InChI is InChI=1S/C6H4F2O/c1-9-5-3-2-4(7)6(5)8/h2H,1H3. The molecule has 1 rings (SSSR count). The predicted molar refractivity (Wildman–Crippen MR) is 27.8 cm³/mol. The average Bonchev–Trinajstić information content (AvgIpc) is 2.15. The smallest absolute Gasteiger partial charge is 0.209 e. The number of allylic oxidation sites excluding steroid dienone is 2. The molecule has 1 aliphatic rings. The highest BCUT2D eigenvalue weighted by atomic mass is 19.2. The van der Waals surface area contributed by atoms with Gasteiger partial charge in [0.05, 0.1) is 7.11 Å². The first-order valence-electron chi connectivity index (χ1n) is 2.32. The minimum Gasteiger partial charge on any atom is -0.487 e. The highest BCUT2D eigenvalue weighted by molar-refractivity contribution is 5.34. The van der Waals surface area contributed by atoms with E-state index in [1.807, 2.05) is 0 Å². The Kier molecular flexibility index (Phi) is 1.37. The molecule has 0 saturated heterocycles. The molecule has 0 aromatic carbocycles. The zero-order valence-corrected chi connectivity index (χ0v) is 4.74. The van der Waals surface area contributed by atoms with E-state index < -0.39 is 11.7 Å². The van der Waals surface area contributed by atoms with Crippen LogP contribution in [0.25, 0.3) is 0 Å². The molecule has 1 aliphatic carbocycles. The Morgan fingerprint density at radius 1 is 1.56 bits per heavy atom. The minimum atomic E-state index is -0.975. The lowest BCUT2D eigenvalue weighted by molar-refractivity contribution is 0.283. The lowest BCUT2D eigenvalue weighted by Crippen LogP contribution is -1.82. The van der Waals surface area contributed by atoms with Crippen molar-refractivity contribution in [1.82, 2.24) is 0 Å². The monoisotopic (exact) mass is 130 g/mol. The minimum absolute atomic E-state index is 0.174. The van der Waals surface area contributed by atoms with Crippen LogP contribution >= 0.6 is 0 Å². The van der Waals surface area contributed by atoms with Gasteiger partial charge in [0.1, 0.15) is 0 Å². The van der Waals surface area contributed by atoms with Gasteiger partial charge in [-0.05, 0) is 0 Å².